The van der Waals surface area contributed by atoms with E-state index in [4.69, 9.17) is 4.98 Å². The van der Waals surface area contributed by atoms with Gasteiger partial charge in [0.05, 0.1) is 11.0 Å². The number of hydrogen-bond acceptors (Lipinski definition) is 2. The lowest BCUT2D eigenvalue weighted by molar-refractivity contribution is -0.131. The number of amides is 1. The van der Waals surface area contributed by atoms with Gasteiger partial charge in [-0.1, -0.05) is 36.4 Å². The number of aromatic amines is 1. The van der Waals surface area contributed by atoms with Crippen LogP contribution in [-0.2, 0) is 11.3 Å². The van der Waals surface area contributed by atoms with Crippen LogP contribution in [0.3, 0.4) is 0 Å². The fourth-order valence-electron chi connectivity index (χ4n) is 5.57. The maximum absolute atomic E-state index is 14.2. The molecule has 180 valence electrons. The summed E-state index contributed by atoms with van der Waals surface area (Å²) in [4.78, 5) is 22.8. The van der Waals surface area contributed by atoms with Gasteiger partial charge in [0.25, 0.3) is 0 Å². The molecule has 0 bridgehead atoms. The van der Waals surface area contributed by atoms with E-state index in [-0.39, 0.29) is 11.7 Å². The molecule has 5 aromatic rings. The molecule has 0 unspecified atom stereocenters. The Labute approximate surface area is 208 Å². The summed E-state index contributed by atoms with van der Waals surface area (Å²) in [6.45, 7) is 2.30. The van der Waals surface area contributed by atoms with Crippen LogP contribution < -0.4 is 0 Å². The second-order valence-electron chi connectivity index (χ2n) is 10.2. The zero-order valence-electron chi connectivity index (χ0n) is 20.0. The Morgan fingerprint density at radius 3 is 2.58 bits per heavy atom. The standard InChI is InChI=1S/C30H27FN4O/c31-25-9-10-26-28(16-25)35(18-19-12-14-34(17-19)30(36)23-6-7-23)29(33-26)22-4-1-20(2-5-22)24-8-3-21-11-13-32-27(21)15-24/h1-5,8-11,13,15-16,19,23,32H,6-7,12,14,17-18H2/t19-/m0/s1. The summed E-state index contributed by atoms with van der Waals surface area (Å²) in [6.07, 6.45) is 4.98. The van der Waals surface area contributed by atoms with Gasteiger partial charge in [0.1, 0.15) is 11.6 Å². The van der Waals surface area contributed by atoms with Gasteiger partial charge in [0.2, 0.25) is 5.91 Å². The maximum Gasteiger partial charge on any atom is 0.225 e. The molecule has 1 amide bonds. The summed E-state index contributed by atoms with van der Waals surface area (Å²) in [5.41, 5.74) is 5.99. The molecule has 0 spiro atoms. The molecular weight excluding hydrogens is 451 g/mol. The van der Waals surface area contributed by atoms with Crippen LogP contribution in [0.1, 0.15) is 19.3 Å². The number of fused-ring (bicyclic) bond motifs is 2. The molecular formula is C30H27FN4O. The van der Waals surface area contributed by atoms with Crippen molar-refractivity contribution in [2.75, 3.05) is 13.1 Å². The van der Waals surface area contributed by atoms with Gasteiger partial charge in [-0.3, -0.25) is 4.79 Å². The first-order valence-corrected chi connectivity index (χ1v) is 12.7. The van der Waals surface area contributed by atoms with Crippen molar-refractivity contribution in [1.29, 1.82) is 0 Å². The van der Waals surface area contributed by atoms with E-state index in [1.54, 1.807) is 12.1 Å². The molecule has 6 heteroatoms. The molecule has 3 aromatic carbocycles. The molecule has 36 heavy (non-hydrogen) atoms. The molecule has 2 aromatic heterocycles. The van der Waals surface area contributed by atoms with E-state index in [0.29, 0.717) is 11.8 Å². The van der Waals surface area contributed by atoms with Gasteiger partial charge in [-0.15, -0.1) is 0 Å². The van der Waals surface area contributed by atoms with E-state index in [2.05, 4.69) is 58.1 Å². The highest BCUT2D eigenvalue weighted by Crippen LogP contribution is 2.34. The number of imidazole rings is 1. The van der Waals surface area contributed by atoms with E-state index in [1.165, 1.54) is 11.5 Å². The predicted octanol–water partition coefficient (Wildman–Crippen LogP) is 6.25. The van der Waals surface area contributed by atoms with Crippen LogP contribution in [0.25, 0.3) is 44.5 Å². The molecule has 1 aliphatic carbocycles. The van der Waals surface area contributed by atoms with Gasteiger partial charge in [-0.2, -0.15) is 0 Å². The highest BCUT2D eigenvalue weighted by Gasteiger charge is 2.36. The van der Waals surface area contributed by atoms with Crippen molar-refractivity contribution >= 4 is 27.8 Å². The lowest BCUT2D eigenvalue weighted by Crippen LogP contribution is -2.30. The lowest BCUT2D eigenvalue weighted by Gasteiger charge is -2.18. The van der Waals surface area contributed by atoms with Crippen LogP contribution in [0, 0.1) is 17.7 Å². The fraction of sp³-hybridized carbons (Fsp3) is 0.267. The predicted molar refractivity (Wildman–Crippen MR) is 140 cm³/mol. The molecule has 5 nitrogen and oxygen atoms in total. The first kappa shape index (κ1) is 21.4. The molecule has 7 rings (SSSR count). The molecule has 3 heterocycles. The average molecular weight is 479 g/mol. The second kappa shape index (κ2) is 8.33. The van der Waals surface area contributed by atoms with Gasteiger partial charge in [-0.25, -0.2) is 9.37 Å². The number of rotatable bonds is 5. The normalized spacial score (nSPS) is 17.9. The van der Waals surface area contributed by atoms with Crippen LogP contribution in [0.2, 0.25) is 0 Å². The van der Waals surface area contributed by atoms with Gasteiger partial charge >= 0.3 is 0 Å². The third kappa shape index (κ3) is 3.77. The van der Waals surface area contributed by atoms with E-state index >= 15 is 0 Å². The van der Waals surface area contributed by atoms with Crippen molar-refractivity contribution in [3.63, 3.8) is 0 Å². The summed E-state index contributed by atoms with van der Waals surface area (Å²) in [6, 6.07) is 21.7. The number of carbonyl (C=O) groups is 1. The highest BCUT2D eigenvalue weighted by molar-refractivity contribution is 5.86. The van der Waals surface area contributed by atoms with E-state index in [9.17, 15) is 9.18 Å². The van der Waals surface area contributed by atoms with Gasteiger partial charge in [0, 0.05) is 42.8 Å². The van der Waals surface area contributed by atoms with Crippen molar-refractivity contribution in [2.24, 2.45) is 11.8 Å². The van der Waals surface area contributed by atoms with Gasteiger partial charge in [-0.05, 0) is 72.0 Å². The second-order valence-corrected chi connectivity index (χ2v) is 10.2. The number of aromatic nitrogens is 3. The third-order valence-electron chi connectivity index (χ3n) is 7.71. The first-order valence-electron chi connectivity index (χ1n) is 12.7. The quantitative estimate of drug-likeness (QED) is 0.325. The largest absolute Gasteiger partial charge is 0.361 e. The highest BCUT2D eigenvalue weighted by atomic mass is 19.1. The average Bonchev–Trinajstić information content (AvgIpc) is 3.30. The molecule has 2 fully saturated rings. The Bertz CT molecular complexity index is 1590. The number of benzene rings is 3. The Hall–Kier alpha value is -3.93. The maximum atomic E-state index is 14.2. The number of nitrogens with zero attached hydrogens (tertiary/aromatic N) is 3. The number of hydrogen-bond donors (Lipinski definition) is 1. The zero-order valence-corrected chi connectivity index (χ0v) is 20.0. The third-order valence-corrected chi connectivity index (χ3v) is 7.71. The Morgan fingerprint density at radius 2 is 1.75 bits per heavy atom. The molecule has 2 aliphatic rings. The number of likely N-dealkylation sites (tertiary alicyclic amines) is 1. The Balaban J connectivity index is 1.21. The minimum atomic E-state index is -0.262. The summed E-state index contributed by atoms with van der Waals surface area (Å²) < 4.78 is 16.4. The number of H-pyrrole nitrogens is 1. The van der Waals surface area contributed by atoms with Crippen LogP contribution in [0.15, 0.2) is 72.9 Å². The monoisotopic (exact) mass is 478 g/mol. The van der Waals surface area contributed by atoms with Crippen LogP contribution in [0.4, 0.5) is 4.39 Å². The topological polar surface area (TPSA) is 53.9 Å². The smallest absolute Gasteiger partial charge is 0.225 e. The van der Waals surface area contributed by atoms with Crippen LogP contribution >= 0.6 is 0 Å². The summed E-state index contributed by atoms with van der Waals surface area (Å²) in [5.74, 6) is 1.47. The fourth-order valence-corrected chi connectivity index (χ4v) is 5.57. The summed E-state index contributed by atoms with van der Waals surface area (Å²) in [5, 5.41) is 1.20. The summed E-state index contributed by atoms with van der Waals surface area (Å²) in [7, 11) is 0. The molecule has 1 saturated heterocycles. The molecule has 1 N–H and O–H groups in total. The van der Waals surface area contributed by atoms with Crippen molar-refractivity contribution in [3.05, 3.63) is 78.7 Å². The lowest BCUT2D eigenvalue weighted by atomic mass is 10.0. The molecule has 1 saturated carbocycles. The minimum Gasteiger partial charge on any atom is -0.361 e. The van der Waals surface area contributed by atoms with E-state index in [0.717, 1.165) is 78.0 Å². The van der Waals surface area contributed by atoms with Crippen LogP contribution in [0.5, 0.6) is 0 Å². The molecule has 1 atom stereocenters. The minimum absolute atomic E-state index is 0.249. The zero-order chi connectivity index (χ0) is 24.2. The first-order chi connectivity index (χ1) is 17.6. The van der Waals surface area contributed by atoms with Crippen molar-refractivity contribution in [1.82, 2.24) is 19.4 Å². The summed E-state index contributed by atoms with van der Waals surface area (Å²) >= 11 is 0. The Morgan fingerprint density at radius 1 is 0.944 bits per heavy atom. The number of halogens is 1. The molecule has 0 radical (unpaired) electrons. The van der Waals surface area contributed by atoms with Crippen molar-refractivity contribution < 1.29 is 9.18 Å². The van der Waals surface area contributed by atoms with Gasteiger partial charge < -0.3 is 14.5 Å². The van der Waals surface area contributed by atoms with Crippen molar-refractivity contribution in [2.45, 2.75) is 25.8 Å². The number of carbonyl (C=O) groups excluding carboxylic acids is 1. The molecule has 1 aliphatic heterocycles. The van der Waals surface area contributed by atoms with Crippen LogP contribution in [-0.4, -0.2) is 38.4 Å². The van der Waals surface area contributed by atoms with Gasteiger partial charge in [0.15, 0.2) is 0 Å². The number of nitrogens with one attached hydrogen (secondary N) is 1. The van der Waals surface area contributed by atoms with E-state index in [1.807, 2.05) is 11.1 Å². The van der Waals surface area contributed by atoms with E-state index < -0.39 is 0 Å². The van der Waals surface area contributed by atoms with Crippen molar-refractivity contribution in [3.8, 4) is 22.5 Å². The Kier molecular flexibility index (Phi) is 4.94. The SMILES string of the molecule is O=C(C1CC1)N1CC[C@H](Cn2c(-c3ccc(-c4ccc5cc[nH]c5c4)cc3)nc3ccc(F)cc32)C1.